The molecule has 0 saturated carbocycles. The smallest absolute Gasteiger partial charge is 0.0244 e. The number of nitrogens with one attached hydrogen (secondary N) is 1. The molecule has 0 radical (unpaired) electrons. The van der Waals surface area contributed by atoms with Crippen molar-refractivity contribution >= 4 is 11.3 Å². The summed E-state index contributed by atoms with van der Waals surface area (Å²) < 4.78 is 0. The average molecular weight is 236 g/mol. The molecule has 1 fully saturated rings. The summed E-state index contributed by atoms with van der Waals surface area (Å²) in [6.07, 6.45) is 5.36. The van der Waals surface area contributed by atoms with Crippen molar-refractivity contribution in [3.8, 4) is 0 Å². The van der Waals surface area contributed by atoms with Crippen molar-refractivity contribution < 1.29 is 0 Å². The average Bonchev–Trinajstić information content (AvgIpc) is 2.97. The van der Waals surface area contributed by atoms with Crippen molar-refractivity contribution in [1.29, 1.82) is 0 Å². The molecule has 2 aliphatic rings. The topological polar surface area (TPSA) is 15.3 Å². The molecule has 0 spiro atoms. The molecule has 1 aromatic heterocycles. The maximum Gasteiger partial charge on any atom is 0.0244 e. The molecule has 0 bridgehead atoms. The van der Waals surface area contributed by atoms with E-state index in [1.54, 1.807) is 10.4 Å². The van der Waals surface area contributed by atoms with Gasteiger partial charge in [-0.05, 0) is 55.8 Å². The van der Waals surface area contributed by atoms with Gasteiger partial charge in [0.05, 0.1) is 0 Å². The van der Waals surface area contributed by atoms with Gasteiger partial charge in [-0.3, -0.25) is 4.90 Å². The Labute approximate surface area is 102 Å². The number of hydrogen-bond acceptors (Lipinski definition) is 3. The summed E-state index contributed by atoms with van der Waals surface area (Å²) >= 11 is 1.93. The molecule has 88 valence electrons. The SMILES string of the molecule is c1cc2c(s1)CCN(CCC1CCCN1)C2. The van der Waals surface area contributed by atoms with E-state index >= 15 is 0 Å². The molecule has 1 atom stereocenters. The second-order valence-electron chi connectivity index (χ2n) is 4.98. The molecule has 0 amide bonds. The Balaban J connectivity index is 1.50. The second-order valence-corrected chi connectivity index (χ2v) is 5.98. The molecule has 2 nitrogen and oxygen atoms in total. The lowest BCUT2D eigenvalue weighted by atomic mass is 10.1. The molecule has 3 rings (SSSR count). The first-order valence-electron chi connectivity index (χ1n) is 6.43. The van der Waals surface area contributed by atoms with Crippen LogP contribution in [0.3, 0.4) is 0 Å². The van der Waals surface area contributed by atoms with E-state index in [-0.39, 0.29) is 0 Å². The van der Waals surface area contributed by atoms with Crippen LogP contribution in [0, 0.1) is 0 Å². The number of hydrogen-bond donors (Lipinski definition) is 1. The molecule has 0 aliphatic carbocycles. The van der Waals surface area contributed by atoms with E-state index in [1.807, 2.05) is 11.3 Å². The highest BCUT2D eigenvalue weighted by Crippen LogP contribution is 2.24. The van der Waals surface area contributed by atoms with E-state index in [2.05, 4.69) is 21.7 Å². The van der Waals surface area contributed by atoms with Crippen molar-refractivity contribution in [3.05, 3.63) is 21.9 Å². The van der Waals surface area contributed by atoms with Crippen molar-refractivity contribution in [1.82, 2.24) is 10.2 Å². The Bertz CT molecular complexity index is 341. The van der Waals surface area contributed by atoms with E-state index in [0.717, 1.165) is 6.04 Å². The predicted octanol–water partition coefficient (Wildman–Crippen LogP) is 2.25. The van der Waals surface area contributed by atoms with Gasteiger partial charge >= 0.3 is 0 Å². The van der Waals surface area contributed by atoms with Gasteiger partial charge in [-0.2, -0.15) is 0 Å². The van der Waals surface area contributed by atoms with Gasteiger partial charge < -0.3 is 5.32 Å². The standard InChI is InChI=1S/C13H20N2S/c1-2-12(14-6-1)3-7-15-8-4-13-11(10-15)5-9-16-13/h5,9,12,14H,1-4,6-8,10H2. The molecule has 1 unspecified atom stereocenters. The summed E-state index contributed by atoms with van der Waals surface area (Å²) in [5.74, 6) is 0. The summed E-state index contributed by atoms with van der Waals surface area (Å²) in [5.41, 5.74) is 1.58. The fraction of sp³-hybridized carbons (Fsp3) is 0.692. The molecule has 2 aliphatic heterocycles. The van der Waals surface area contributed by atoms with Crippen LogP contribution in [-0.2, 0) is 13.0 Å². The van der Waals surface area contributed by atoms with Gasteiger partial charge in [-0.15, -0.1) is 11.3 Å². The van der Waals surface area contributed by atoms with Crippen LogP contribution in [-0.4, -0.2) is 30.6 Å². The van der Waals surface area contributed by atoms with Gasteiger partial charge in [0.25, 0.3) is 0 Å². The maximum absolute atomic E-state index is 3.59. The summed E-state index contributed by atoms with van der Waals surface area (Å²) in [6.45, 7) is 4.96. The van der Waals surface area contributed by atoms with E-state index in [4.69, 9.17) is 0 Å². The molecule has 16 heavy (non-hydrogen) atoms. The minimum atomic E-state index is 0.795. The van der Waals surface area contributed by atoms with Gasteiger partial charge in [0.2, 0.25) is 0 Å². The van der Waals surface area contributed by atoms with Crippen LogP contribution in [0.5, 0.6) is 0 Å². The molecule has 3 heteroatoms. The predicted molar refractivity (Wildman–Crippen MR) is 68.9 cm³/mol. The zero-order chi connectivity index (χ0) is 10.8. The van der Waals surface area contributed by atoms with Crippen LogP contribution in [0.2, 0.25) is 0 Å². The third-order valence-corrected chi connectivity index (χ3v) is 4.87. The molecular weight excluding hydrogens is 216 g/mol. The van der Waals surface area contributed by atoms with Crippen LogP contribution in [0.4, 0.5) is 0 Å². The second kappa shape index (κ2) is 4.86. The molecule has 1 N–H and O–H groups in total. The van der Waals surface area contributed by atoms with Crippen molar-refractivity contribution in [2.24, 2.45) is 0 Å². The monoisotopic (exact) mass is 236 g/mol. The Kier molecular flexibility index (Phi) is 3.27. The number of nitrogens with zero attached hydrogens (tertiary/aromatic N) is 1. The number of fused-ring (bicyclic) bond motifs is 1. The Morgan fingerprint density at radius 3 is 3.38 bits per heavy atom. The molecule has 3 heterocycles. The van der Waals surface area contributed by atoms with Crippen molar-refractivity contribution in [2.75, 3.05) is 19.6 Å². The normalized spacial score (nSPS) is 25.9. The summed E-state index contributed by atoms with van der Waals surface area (Å²) in [7, 11) is 0. The quantitative estimate of drug-likeness (QED) is 0.866. The molecule has 1 aromatic rings. The fourth-order valence-corrected chi connectivity index (χ4v) is 3.73. The zero-order valence-electron chi connectivity index (χ0n) is 9.74. The summed E-state index contributed by atoms with van der Waals surface area (Å²) in [6, 6.07) is 3.10. The third kappa shape index (κ3) is 2.31. The highest BCUT2D eigenvalue weighted by molar-refractivity contribution is 7.10. The van der Waals surface area contributed by atoms with Crippen molar-refractivity contribution in [2.45, 2.75) is 38.3 Å². The van der Waals surface area contributed by atoms with Gasteiger partial charge in [-0.25, -0.2) is 0 Å². The van der Waals surface area contributed by atoms with Gasteiger partial charge in [-0.1, -0.05) is 0 Å². The lowest BCUT2D eigenvalue weighted by molar-refractivity contribution is 0.243. The minimum Gasteiger partial charge on any atom is -0.314 e. The van der Waals surface area contributed by atoms with Gasteiger partial charge in [0.1, 0.15) is 0 Å². The Hall–Kier alpha value is -0.380. The van der Waals surface area contributed by atoms with E-state index in [1.165, 1.54) is 51.9 Å². The first-order chi connectivity index (χ1) is 7.92. The lowest BCUT2D eigenvalue weighted by Crippen LogP contribution is -2.34. The fourth-order valence-electron chi connectivity index (χ4n) is 2.84. The summed E-state index contributed by atoms with van der Waals surface area (Å²) in [5, 5.41) is 5.83. The number of rotatable bonds is 3. The molecular formula is C13H20N2S. The summed E-state index contributed by atoms with van der Waals surface area (Å²) in [4.78, 5) is 4.24. The molecule has 1 saturated heterocycles. The lowest BCUT2D eigenvalue weighted by Gasteiger charge is -2.27. The zero-order valence-corrected chi connectivity index (χ0v) is 10.6. The largest absolute Gasteiger partial charge is 0.314 e. The van der Waals surface area contributed by atoms with Gasteiger partial charge in [0, 0.05) is 24.0 Å². The van der Waals surface area contributed by atoms with Crippen LogP contribution >= 0.6 is 11.3 Å². The first-order valence-corrected chi connectivity index (χ1v) is 7.31. The van der Waals surface area contributed by atoms with Crippen LogP contribution in [0.25, 0.3) is 0 Å². The third-order valence-electron chi connectivity index (χ3n) is 3.84. The van der Waals surface area contributed by atoms with E-state index in [9.17, 15) is 0 Å². The first kappa shape index (κ1) is 10.8. The van der Waals surface area contributed by atoms with Crippen molar-refractivity contribution in [3.63, 3.8) is 0 Å². The highest BCUT2D eigenvalue weighted by atomic mass is 32.1. The van der Waals surface area contributed by atoms with E-state index in [0.29, 0.717) is 0 Å². The van der Waals surface area contributed by atoms with Crippen LogP contribution in [0.15, 0.2) is 11.4 Å². The highest BCUT2D eigenvalue weighted by Gasteiger charge is 2.19. The minimum absolute atomic E-state index is 0.795. The van der Waals surface area contributed by atoms with Crippen LogP contribution < -0.4 is 5.32 Å². The Morgan fingerprint density at radius 1 is 1.50 bits per heavy atom. The van der Waals surface area contributed by atoms with Gasteiger partial charge in [0.15, 0.2) is 0 Å². The van der Waals surface area contributed by atoms with Crippen LogP contribution in [0.1, 0.15) is 29.7 Å². The maximum atomic E-state index is 3.59. The molecule has 0 aromatic carbocycles. The number of thiophene rings is 1. The van der Waals surface area contributed by atoms with E-state index < -0.39 is 0 Å². The Morgan fingerprint density at radius 2 is 2.50 bits per heavy atom.